The van der Waals surface area contributed by atoms with Crippen molar-refractivity contribution in [3.63, 3.8) is 0 Å². The zero-order chi connectivity index (χ0) is 15.5. The molecule has 0 aliphatic carbocycles. The van der Waals surface area contributed by atoms with E-state index in [2.05, 4.69) is 57.1 Å². The molecule has 1 aliphatic rings. The molecule has 0 N–H and O–H groups in total. The number of benzene rings is 1. The fourth-order valence-corrected chi connectivity index (χ4v) is 4.69. The first-order chi connectivity index (χ1) is 9.97. The maximum Gasteiger partial charge on any atom is 0.127 e. The minimum atomic E-state index is -1.41. The van der Waals surface area contributed by atoms with Crippen LogP contribution in [-0.2, 0) is 11.2 Å². The Balaban J connectivity index is 2.48. The molecule has 0 saturated heterocycles. The van der Waals surface area contributed by atoms with Gasteiger partial charge in [-0.1, -0.05) is 56.1 Å². The Kier molecular flexibility index (Phi) is 4.89. The standard InChI is InChI=1S/C19H26OSi/c1-6-10-17-16-13-9-8-12-15(16)14-18(20-17)19(11-7-2)21(3,4)5/h6-9,12-13,17H,1-2,10-11,14H2,3-5H3/b19-18-. The topological polar surface area (TPSA) is 9.23 Å². The van der Waals surface area contributed by atoms with Gasteiger partial charge in [-0.05, 0) is 22.7 Å². The van der Waals surface area contributed by atoms with Crippen LogP contribution in [0.2, 0.25) is 19.6 Å². The number of hydrogen-bond acceptors (Lipinski definition) is 1. The smallest absolute Gasteiger partial charge is 0.127 e. The quantitative estimate of drug-likeness (QED) is 0.509. The zero-order valence-corrected chi connectivity index (χ0v) is 14.5. The average Bonchev–Trinajstić information content (AvgIpc) is 2.43. The van der Waals surface area contributed by atoms with Gasteiger partial charge in [0, 0.05) is 12.8 Å². The Morgan fingerprint density at radius 3 is 2.57 bits per heavy atom. The van der Waals surface area contributed by atoms with Crippen LogP contribution in [0.15, 0.2) is 60.5 Å². The van der Waals surface area contributed by atoms with E-state index in [1.54, 1.807) is 0 Å². The first kappa shape index (κ1) is 15.8. The van der Waals surface area contributed by atoms with Crippen molar-refractivity contribution in [1.29, 1.82) is 0 Å². The van der Waals surface area contributed by atoms with Crippen LogP contribution in [0.1, 0.15) is 30.1 Å². The molecule has 0 aromatic heterocycles. The van der Waals surface area contributed by atoms with Crippen molar-refractivity contribution in [3.05, 3.63) is 71.7 Å². The van der Waals surface area contributed by atoms with Gasteiger partial charge in [0.05, 0.1) is 13.8 Å². The fraction of sp³-hybridized carbons (Fsp3) is 0.368. The molecule has 0 fully saturated rings. The molecule has 1 aliphatic heterocycles. The molecule has 0 radical (unpaired) electrons. The third kappa shape index (κ3) is 3.56. The van der Waals surface area contributed by atoms with Crippen molar-refractivity contribution < 1.29 is 4.74 Å². The number of allylic oxidation sites excluding steroid dienone is 3. The maximum atomic E-state index is 6.39. The van der Waals surface area contributed by atoms with Crippen molar-refractivity contribution in [2.24, 2.45) is 0 Å². The minimum Gasteiger partial charge on any atom is -0.490 e. The lowest BCUT2D eigenvalue weighted by Crippen LogP contribution is -2.28. The lowest BCUT2D eigenvalue weighted by molar-refractivity contribution is 0.102. The van der Waals surface area contributed by atoms with E-state index in [1.165, 1.54) is 22.1 Å². The van der Waals surface area contributed by atoms with Crippen LogP contribution >= 0.6 is 0 Å². The van der Waals surface area contributed by atoms with Gasteiger partial charge < -0.3 is 4.74 Å². The summed E-state index contributed by atoms with van der Waals surface area (Å²) in [6.07, 6.45) is 6.77. The molecule has 2 rings (SSSR count). The molecule has 1 unspecified atom stereocenters. The van der Waals surface area contributed by atoms with Gasteiger partial charge in [0.1, 0.15) is 6.10 Å². The lowest BCUT2D eigenvalue weighted by atomic mass is 9.94. The highest BCUT2D eigenvalue weighted by Crippen LogP contribution is 2.38. The second-order valence-corrected chi connectivity index (χ2v) is 11.8. The SMILES string of the molecule is C=CC/C(=C1\Cc2ccccc2C(CC=C)O1)[Si](C)(C)C. The molecule has 1 nitrogen and oxygen atoms in total. The average molecular weight is 299 g/mol. The largest absolute Gasteiger partial charge is 0.490 e. The van der Waals surface area contributed by atoms with Crippen LogP contribution in [-0.4, -0.2) is 8.07 Å². The van der Waals surface area contributed by atoms with Crippen LogP contribution in [0.4, 0.5) is 0 Å². The maximum absolute atomic E-state index is 6.39. The van der Waals surface area contributed by atoms with Gasteiger partial charge in [-0.15, -0.1) is 13.2 Å². The summed E-state index contributed by atoms with van der Waals surface area (Å²) in [7, 11) is -1.41. The van der Waals surface area contributed by atoms with E-state index < -0.39 is 8.07 Å². The third-order valence-corrected chi connectivity index (χ3v) is 6.30. The van der Waals surface area contributed by atoms with E-state index in [0.717, 1.165) is 19.3 Å². The molecule has 21 heavy (non-hydrogen) atoms. The third-order valence-electron chi connectivity index (χ3n) is 4.01. The fourth-order valence-electron chi connectivity index (χ4n) is 2.95. The molecular weight excluding hydrogens is 272 g/mol. The van der Waals surface area contributed by atoms with Crippen LogP contribution in [0.5, 0.6) is 0 Å². The van der Waals surface area contributed by atoms with E-state index >= 15 is 0 Å². The monoisotopic (exact) mass is 298 g/mol. The van der Waals surface area contributed by atoms with Crippen molar-refractivity contribution in [2.45, 2.75) is 45.0 Å². The summed E-state index contributed by atoms with van der Waals surface area (Å²) < 4.78 is 6.39. The summed E-state index contributed by atoms with van der Waals surface area (Å²) >= 11 is 0. The van der Waals surface area contributed by atoms with Crippen LogP contribution in [0.3, 0.4) is 0 Å². The lowest BCUT2D eigenvalue weighted by Gasteiger charge is -2.33. The highest BCUT2D eigenvalue weighted by molar-refractivity contribution is 6.83. The summed E-state index contributed by atoms with van der Waals surface area (Å²) in [6, 6.07) is 8.62. The van der Waals surface area contributed by atoms with Crippen molar-refractivity contribution >= 4 is 8.07 Å². The van der Waals surface area contributed by atoms with E-state index in [0.29, 0.717) is 0 Å². The molecule has 1 aromatic rings. The molecule has 112 valence electrons. The predicted octanol–water partition coefficient (Wildman–Crippen LogP) is 5.58. The van der Waals surface area contributed by atoms with E-state index in [9.17, 15) is 0 Å². The van der Waals surface area contributed by atoms with Gasteiger partial charge in [0.25, 0.3) is 0 Å². The van der Waals surface area contributed by atoms with Gasteiger partial charge in [0.2, 0.25) is 0 Å². The molecule has 0 spiro atoms. The molecular formula is C19H26OSi. The van der Waals surface area contributed by atoms with Crippen LogP contribution < -0.4 is 0 Å². The molecule has 0 bridgehead atoms. The summed E-state index contributed by atoms with van der Waals surface area (Å²) in [5.41, 5.74) is 2.71. The minimum absolute atomic E-state index is 0.110. The van der Waals surface area contributed by atoms with E-state index in [-0.39, 0.29) is 6.10 Å². The van der Waals surface area contributed by atoms with Crippen molar-refractivity contribution in [2.75, 3.05) is 0 Å². The second kappa shape index (κ2) is 6.48. The molecule has 1 aromatic carbocycles. The normalized spacial score (nSPS) is 20.2. The highest BCUT2D eigenvalue weighted by Gasteiger charge is 2.29. The van der Waals surface area contributed by atoms with Crippen LogP contribution in [0, 0.1) is 0 Å². The first-order valence-electron chi connectivity index (χ1n) is 7.66. The van der Waals surface area contributed by atoms with Crippen molar-refractivity contribution in [3.8, 4) is 0 Å². The number of ether oxygens (including phenoxy) is 1. The van der Waals surface area contributed by atoms with Crippen LogP contribution in [0.25, 0.3) is 0 Å². The Bertz CT molecular complexity index is 563. The Morgan fingerprint density at radius 2 is 1.95 bits per heavy atom. The molecule has 0 amide bonds. The predicted molar refractivity (Wildman–Crippen MR) is 94.0 cm³/mol. The summed E-state index contributed by atoms with van der Waals surface area (Å²) in [5, 5.41) is 1.49. The number of fused-ring (bicyclic) bond motifs is 1. The summed E-state index contributed by atoms with van der Waals surface area (Å²) in [4.78, 5) is 0. The Labute approximate surface area is 130 Å². The summed E-state index contributed by atoms with van der Waals surface area (Å²) in [6.45, 7) is 14.9. The Morgan fingerprint density at radius 1 is 1.24 bits per heavy atom. The second-order valence-electron chi connectivity index (χ2n) is 6.65. The zero-order valence-electron chi connectivity index (χ0n) is 13.5. The molecule has 1 heterocycles. The highest BCUT2D eigenvalue weighted by atomic mass is 28.3. The van der Waals surface area contributed by atoms with Gasteiger partial charge in [-0.2, -0.15) is 0 Å². The molecule has 2 heteroatoms. The summed E-state index contributed by atoms with van der Waals surface area (Å²) in [5.74, 6) is 1.18. The van der Waals surface area contributed by atoms with Gasteiger partial charge >= 0.3 is 0 Å². The molecule has 0 saturated carbocycles. The van der Waals surface area contributed by atoms with E-state index in [1.807, 2.05) is 12.2 Å². The Hall–Kier alpha value is -1.54. The van der Waals surface area contributed by atoms with Gasteiger partial charge in [0.15, 0.2) is 0 Å². The molecule has 1 atom stereocenters. The van der Waals surface area contributed by atoms with E-state index in [4.69, 9.17) is 4.74 Å². The van der Waals surface area contributed by atoms with Gasteiger partial charge in [-0.3, -0.25) is 0 Å². The van der Waals surface area contributed by atoms with Crippen molar-refractivity contribution in [1.82, 2.24) is 0 Å². The van der Waals surface area contributed by atoms with Gasteiger partial charge in [-0.25, -0.2) is 0 Å². The number of hydrogen-bond donors (Lipinski definition) is 0. The first-order valence-corrected chi connectivity index (χ1v) is 11.2. The number of rotatable bonds is 5.